The molecule has 1 saturated heterocycles. The van der Waals surface area contributed by atoms with E-state index in [1.165, 1.54) is 12.3 Å². The van der Waals surface area contributed by atoms with Gasteiger partial charge in [0, 0.05) is 6.07 Å². The molecular formula is C23H19N3O5. The van der Waals surface area contributed by atoms with Crippen LogP contribution in [0.25, 0.3) is 11.3 Å². The lowest BCUT2D eigenvalue weighted by molar-refractivity contribution is -0.384. The number of hydrogen-bond acceptors (Lipinski definition) is 6. The maximum atomic E-state index is 13.0. The molecule has 3 fully saturated rings. The van der Waals surface area contributed by atoms with Gasteiger partial charge in [0.2, 0.25) is 0 Å². The van der Waals surface area contributed by atoms with Crippen LogP contribution in [0.5, 0.6) is 0 Å². The van der Waals surface area contributed by atoms with Crippen LogP contribution in [-0.2, 0) is 9.59 Å². The van der Waals surface area contributed by atoms with E-state index in [0.717, 1.165) is 23.4 Å². The van der Waals surface area contributed by atoms with E-state index >= 15 is 0 Å². The Balaban J connectivity index is 1.25. The minimum absolute atomic E-state index is 0.0486. The summed E-state index contributed by atoms with van der Waals surface area (Å²) in [6.07, 6.45) is 7.73. The Morgan fingerprint density at radius 1 is 1.13 bits per heavy atom. The van der Waals surface area contributed by atoms with Gasteiger partial charge in [0.25, 0.3) is 17.5 Å². The van der Waals surface area contributed by atoms with E-state index in [0.29, 0.717) is 17.1 Å². The molecular weight excluding hydrogens is 398 g/mol. The highest BCUT2D eigenvalue weighted by molar-refractivity contribution is 6.07. The fourth-order valence-electron chi connectivity index (χ4n) is 5.86. The minimum Gasteiger partial charge on any atom is -0.455 e. The van der Waals surface area contributed by atoms with E-state index < -0.39 is 4.92 Å². The number of amides is 2. The monoisotopic (exact) mass is 417 g/mol. The normalized spacial score (nSPS) is 29.5. The van der Waals surface area contributed by atoms with Crippen molar-refractivity contribution in [2.45, 2.75) is 19.8 Å². The van der Waals surface area contributed by atoms with Crippen molar-refractivity contribution in [1.82, 2.24) is 5.01 Å². The average molecular weight is 417 g/mol. The molecule has 2 bridgehead atoms. The summed E-state index contributed by atoms with van der Waals surface area (Å²) in [6.45, 7) is 1.78. The predicted octanol–water partition coefficient (Wildman–Crippen LogP) is 3.69. The van der Waals surface area contributed by atoms with Crippen molar-refractivity contribution in [2.24, 2.45) is 34.2 Å². The van der Waals surface area contributed by atoms with Gasteiger partial charge in [-0.2, -0.15) is 10.1 Å². The number of carbonyl (C=O) groups excluding carboxylic acids is 2. The lowest BCUT2D eigenvalue weighted by Crippen LogP contribution is -2.30. The zero-order valence-corrected chi connectivity index (χ0v) is 16.7. The molecule has 0 radical (unpaired) electrons. The first-order valence-electron chi connectivity index (χ1n) is 10.4. The van der Waals surface area contributed by atoms with Gasteiger partial charge in [0.05, 0.1) is 28.5 Å². The summed E-state index contributed by atoms with van der Waals surface area (Å²) < 4.78 is 5.71. The Labute approximate surface area is 177 Å². The molecule has 8 heteroatoms. The van der Waals surface area contributed by atoms with Crippen molar-refractivity contribution in [3.8, 4) is 11.3 Å². The SMILES string of the molecule is Cc1ccc(-c2ccc(/C=N\N3C(=O)[C@@H]4[C@H](C3=O)[C@@H]3C=C[C@H]4C34CC4)o2)c([N+](=O)[O-])c1. The molecule has 2 saturated carbocycles. The van der Waals surface area contributed by atoms with Crippen LogP contribution < -0.4 is 0 Å². The van der Waals surface area contributed by atoms with Gasteiger partial charge in [-0.15, -0.1) is 0 Å². The van der Waals surface area contributed by atoms with Crippen LogP contribution in [0.2, 0.25) is 0 Å². The molecule has 1 aromatic heterocycles. The number of hydrogen-bond donors (Lipinski definition) is 0. The summed E-state index contributed by atoms with van der Waals surface area (Å²) in [6, 6.07) is 8.12. The first-order valence-corrected chi connectivity index (χ1v) is 10.4. The summed E-state index contributed by atoms with van der Waals surface area (Å²) in [7, 11) is 0. The highest BCUT2D eigenvalue weighted by atomic mass is 16.6. The van der Waals surface area contributed by atoms with Crippen molar-refractivity contribution >= 4 is 23.7 Å². The zero-order chi connectivity index (χ0) is 21.5. The summed E-state index contributed by atoms with van der Waals surface area (Å²) in [5, 5.41) is 16.5. The molecule has 4 atom stereocenters. The van der Waals surface area contributed by atoms with Gasteiger partial charge >= 0.3 is 0 Å². The van der Waals surface area contributed by atoms with Crippen LogP contribution in [0.4, 0.5) is 5.69 Å². The van der Waals surface area contributed by atoms with Crippen LogP contribution >= 0.6 is 0 Å². The molecule has 156 valence electrons. The molecule has 6 rings (SSSR count). The third-order valence-electron chi connectivity index (χ3n) is 7.37. The number of rotatable bonds is 4. The van der Waals surface area contributed by atoms with Crippen molar-refractivity contribution < 1.29 is 18.9 Å². The second-order valence-electron chi connectivity index (χ2n) is 8.93. The van der Waals surface area contributed by atoms with Gasteiger partial charge in [-0.1, -0.05) is 18.2 Å². The van der Waals surface area contributed by atoms with E-state index in [1.807, 2.05) is 0 Å². The molecule has 3 aliphatic carbocycles. The predicted molar refractivity (Wildman–Crippen MR) is 110 cm³/mol. The van der Waals surface area contributed by atoms with E-state index in [2.05, 4.69) is 17.3 Å². The minimum atomic E-state index is -0.450. The Hall–Kier alpha value is -3.55. The highest BCUT2D eigenvalue weighted by Crippen LogP contribution is 2.73. The van der Waals surface area contributed by atoms with Gasteiger partial charge < -0.3 is 4.42 Å². The van der Waals surface area contributed by atoms with Gasteiger partial charge in [0.1, 0.15) is 11.5 Å². The van der Waals surface area contributed by atoms with Gasteiger partial charge in [-0.05, 0) is 60.8 Å². The van der Waals surface area contributed by atoms with E-state index in [4.69, 9.17) is 4.42 Å². The smallest absolute Gasteiger partial charge is 0.280 e. The highest BCUT2D eigenvalue weighted by Gasteiger charge is 2.73. The molecule has 4 aliphatic rings. The number of nitro benzene ring substituents is 1. The Morgan fingerprint density at radius 3 is 2.42 bits per heavy atom. The van der Waals surface area contributed by atoms with Crippen molar-refractivity contribution in [1.29, 1.82) is 0 Å². The Kier molecular flexibility index (Phi) is 3.53. The number of nitrogens with zero attached hydrogens (tertiary/aromatic N) is 3. The van der Waals surface area contributed by atoms with Crippen molar-refractivity contribution in [3.63, 3.8) is 0 Å². The molecule has 2 amide bonds. The number of carbonyl (C=O) groups is 2. The topological polar surface area (TPSA) is 106 Å². The van der Waals surface area contributed by atoms with Crippen LogP contribution in [0.3, 0.4) is 0 Å². The number of aryl methyl sites for hydroxylation is 1. The number of allylic oxidation sites excluding steroid dienone is 2. The van der Waals surface area contributed by atoms with Crippen LogP contribution in [0, 0.1) is 46.1 Å². The van der Waals surface area contributed by atoms with Gasteiger partial charge in [-0.3, -0.25) is 19.7 Å². The number of imide groups is 1. The molecule has 1 aliphatic heterocycles. The summed E-state index contributed by atoms with van der Waals surface area (Å²) in [5.41, 5.74) is 1.23. The van der Waals surface area contributed by atoms with Gasteiger partial charge in [-0.25, -0.2) is 0 Å². The maximum Gasteiger partial charge on any atom is 0.280 e. The van der Waals surface area contributed by atoms with Crippen molar-refractivity contribution in [3.05, 3.63) is 63.9 Å². The third-order valence-corrected chi connectivity index (χ3v) is 7.37. The second kappa shape index (κ2) is 6.00. The fraction of sp³-hybridized carbons (Fsp3) is 0.348. The van der Waals surface area contributed by atoms with Crippen LogP contribution in [-0.4, -0.2) is 28.0 Å². The van der Waals surface area contributed by atoms with Crippen LogP contribution in [0.1, 0.15) is 24.2 Å². The summed E-state index contributed by atoms with van der Waals surface area (Å²) in [4.78, 5) is 36.8. The second-order valence-corrected chi connectivity index (χ2v) is 8.93. The molecule has 8 nitrogen and oxygen atoms in total. The number of furan rings is 1. The van der Waals surface area contributed by atoms with E-state index in [1.54, 1.807) is 31.2 Å². The first kappa shape index (κ1) is 18.2. The molecule has 31 heavy (non-hydrogen) atoms. The van der Waals surface area contributed by atoms with Crippen LogP contribution in [0.15, 0.2) is 52.0 Å². The number of nitro groups is 1. The Morgan fingerprint density at radius 2 is 1.81 bits per heavy atom. The van der Waals surface area contributed by atoms with E-state index in [-0.39, 0.29) is 46.6 Å². The zero-order valence-electron chi connectivity index (χ0n) is 16.7. The average Bonchev–Trinajstić information content (AvgIpc) is 3.03. The molecule has 2 heterocycles. The number of hydrazone groups is 1. The quantitative estimate of drug-likeness (QED) is 0.248. The maximum absolute atomic E-state index is 13.0. The van der Waals surface area contributed by atoms with Crippen molar-refractivity contribution in [2.75, 3.05) is 0 Å². The number of benzene rings is 1. The molecule has 1 aromatic carbocycles. The molecule has 0 unspecified atom stereocenters. The molecule has 2 aromatic rings. The van der Waals surface area contributed by atoms with Gasteiger partial charge in [0.15, 0.2) is 0 Å². The molecule has 0 N–H and O–H groups in total. The summed E-state index contributed by atoms with van der Waals surface area (Å²) in [5.74, 6) is -0.156. The number of fused-ring (bicyclic) bond motifs is 3. The van der Waals surface area contributed by atoms with E-state index in [9.17, 15) is 19.7 Å². The first-order chi connectivity index (χ1) is 14.9. The lowest BCUT2D eigenvalue weighted by Gasteiger charge is -2.18. The fourth-order valence-corrected chi connectivity index (χ4v) is 5.86. The molecule has 1 spiro atoms. The lowest BCUT2D eigenvalue weighted by atomic mass is 9.85. The third kappa shape index (κ3) is 2.38. The summed E-state index contributed by atoms with van der Waals surface area (Å²) >= 11 is 0. The largest absolute Gasteiger partial charge is 0.455 e. The Bertz CT molecular complexity index is 1190. The standard InChI is InChI=1S/C23H19N3O5/c1-12-2-4-14(17(10-12)26(29)30)18-7-3-13(31-18)11-24-25-21(27)19-15-5-6-16(20(19)22(25)28)23(15)8-9-23/h2-7,10-11,15-16,19-20H,8-9H2,1H3/b24-11-/t15-,16+,19+,20-.